The van der Waals surface area contributed by atoms with E-state index in [1.54, 1.807) is 15.6 Å². The fraction of sp³-hybridized carbons (Fsp3) is 0.714. The van der Waals surface area contributed by atoms with Crippen molar-refractivity contribution in [1.29, 1.82) is 0 Å². The average molecular weight is 316 g/mol. The third-order valence-corrected chi connectivity index (χ3v) is 6.16. The van der Waals surface area contributed by atoms with Crippen LogP contribution in [0.4, 0.5) is 0 Å². The van der Waals surface area contributed by atoms with Crippen molar-refractivity contribution in [2.75, 3.05) is 18.8 Å². The lowest BCUT2D eigenvalue weighted by molar-refractivity contribution is 0.398. The summed E-state index contributed by atoms with van der Waals surface area (Å²) in [5.74, 6) is 0.277. The highest BCUT2D eigenvalue weighted by Gasteiger charge is 2.36. The fourth-order valence-electron chi connectivity index (χ4n) is 2.21. The summed E-state index contributed by atoms with van der Waals surface area (Å²) in [5, 5.41) is 7.27. The molecule has 2 rings (SSSR count). The van der Waals surface area contributed by atoms with Crippen molar-refractivity contribution in [2.45, 2.75) is 45.2 Å². The molecule has 0 amide bonds. The van der Waals surface area contributed by atoms with Crippen LogP contribution in [0.5, 0.6) is 0 Å². The standard InChI is InChI=1S/C14H24N2O2S2/c1-2-15-8-3-4-10-20(17,18)16(14-5-6-14)11-13-7-9-19-12-13/h7,9,12,14-15H,2-6,8,10-11H2,1H3. The quantitative estimate of drug-likeness (QED) is 0.675. The molecule has 0 saturated heterocycles. The summed E-state index contributed by atoms with van der Waals surface area (Å²) in [7, 11) is -3.11. The van der Waals surface area contributed by atoms with E-state index in [1.807, 2.05) is 16.8 Å². The molecule has 1 heterocycles. The van der Waals surface area contributed by atoms with E-state index >= 15 is 0 Å². The summed E-state index contributed by atoms with van der Waals surface area (Å²) in [6.45, 7) is 4.45. The monoisotopic (exact) mass is 316 g/mol. The predicted octanol–water partition coefficient (Wildman–Crippen LogP) is 2.43. The highest BCUT2D eigenvalue weighted by molar-refractivity contribution is 7.89. The van der Waals surface area contributed by atoms with E-state index < -0.39 is 10.0 Å². The Kier molecular flexibility index (Phi) is 6.01. The third-order valence-electron chi connectivity index (χ3n) is 3.49. The molecule has 20 heavy (non-hydrogen) atoms. The summed E-state index contributed by atoms with van der Waals surface area (Å²) in [5.41, 5.74) is 1.11. The minimum Gasteiger partial charge on any atom is -0.317 e. The highest BCUT2D eigenvalue weighted by Crippen LogP contribution is 2.31. The maximum atomic E-state index is 12.5. The second-order valence-electron chi connectivity index (χ2n) is 5.28. The SMILES string of the molecule is CCNCCCCS(=O)(=O)N(Cc1ccsc1)C1CC1. The number of hydrogen-bond acceptors (Lipinski definition) is 4. The number of nitrogens with zero attached hydrogens (tertiary/aromatic N) is 1. The smallest absolute Gasteiger partial charge is 0.214 e. The molecule has 6 heteroatoms. The van der Waals surface area contributed by atoms with Gasteiger partial charge >= 0.3 is 0 Å². The Morgan fingerprint density at radius 2 is 2.20 bits per heavy atom. The number of unbranched alkanes of at least 4 members (excludes halogenated alkanes) is 1. The van der Waals surface area contributed by atoms with Crippen molar-refractivity contribution in [3.8, 4) is 0 Å². The van der Waals surface area contributed by atoms with Crippen molar-refractivity contribution in [2.24, 2.45) is 0 Å². The molecule has 1 saturated carbocycles. The van der Waals surface area contributed by atoms with Crippen LogP contribution < -0.4 is 5.32 Å². The summed E-state index contributed by atoms with van der Waals surface area (Å²) < 4.78 is 26.7. The van der Waals surface area contributed by atoms with Crippen molar-refractivity contribution >= 4 is 21.4 Å². The molecule has 4 nitrogen and oxygen atoms in total. The first kappa shape index (κ1) is 15.9. The lowest BCUT2D eigenvalue weighted by atomic mass is 10.3. The molecule has 0 atom stereocenters. The van der Waals surface area contributed by atoms with E-state index in [4.69, 9.17) is 0 Å². The van der Waals surface area contributed by atoms with Crippen molar-refractivity contribution in [1.82, 2.24) is 9.62 Å². The summed E-state index contributed by atoms with van der Waals surface area (Å²) >= 11 is 1.62. The average Bonchev–Trinajstić information content (AvgIpc) is 3.12. The van der Waals surface area contributed by atoms with Gasteiger partial charge in [-0.2, -0.15) is 15.6 Å². The van der Waals surface area contributed by atoms with Gasteiger partial charge in [-0.25, -0.2) is 8.42 Å². The van der Waals surface area contributed by atoms with Gasteiger partial charge in [-0.15, -0.1) is 0 Å². The predicted molar refractivity (Wildman–Crippen MR) is 84.4 cm³/mol. The largest absolute Gasteiger partial charge is 0.317 e. The number of rotatable bonds is 10. The molecule has 0 bridgehead atoms. The van der Waals surface area contributed by atoms with E-state index in [2.05, 4.69) is 12.2 Å². The molecular formula is C14H24N2O2S2. The Balaban J connectivity index is 1.87. The lowest BCUT2D eigenvalue weighted by Crippen LogP contribution is -2.34. The Morgan fingerprint density at radius 1 is 1.40 bits per heavy atom. The number of hydrogen-bond donors (Lipinski definition) is 1. The minimum absolute atomic E-state index is 0.244. The van der Waals surface area contributed by atoms with E-state index in [-0.39, 0.29) is 11.8 Å². The molecule has 1 aliphatic carbocycles. The van der Waals surface area contributed by atoms with Crippen LogP contribution in [0.25, 0.3) is 0 Å². The lowest BCUT2D eigenvalue weighted by Gasteiger charge is -2.21. The normalized spacial score (nSPS) is 15.9. The molecular weight excluding hydrogens is 292 g/mol. The fourth-order valence-corrected chi connectivity index (χ4v) is 4.68. The van der Waals surface area contributed by atoms with Gasteiger partial charge < -0.3 is 5.32 Å². The van der Waals surface area contributed by atoms with Gasteiger partial charge in [-0.3, -0.25) is 0 Å². The van der Waals surface area contributed by atoms with Gasteiger partial charge in [0.25, 0.3) is 0 Å². The first-order valence-corrected chi connectivity index (χ1v) is 9.90. The van der Waals surface area contributed by atoms with E-state index in [0.29, 0.717) is 6.54 Å². The van der Waals surface area contributed by atoms with Crippen LogP contribution in [0.15, 0.2) is 16.8 Å². The molecule has 0 unspecified atom stereocenters. The van der Waals surface area contributed by atoms with Crippen LogP contribution in [-0.4, -0.2) is 37.6 Å². The van der Waals surface area contributed by atoms with Crippen molar-refractivity contribution < 1.29 is 8.42 Å². The molecule has 114 valence electrons. The Bertz CT molecular complexity index is 481. The summed E-state index contributed by atoms with van der Waals surface area (Å²) in [4.78, 5) is 0. The molecule has 0 aliphatic heterocycles. The molecule has 1 fully saturated rings. The van der Waals surface area contributed by atoms with Crippen LogP contribution in [0.1, 0.15) is 38.2 Å². The first-order valence-electron chi connectivity index (χ1n) is 7.35. The summed E-state index contributed by atoms with van der Waals surface area (Å²) in [6, 6.07) is 2.26. The maximum absolute atomic E-state index is 12.5. The number of sulfonamides is 1. The van der Waals surface area contributed by atoms with Gasteiger partial charge in [0.1, 0.15) is 0 Å². The van der Waals surface area contributed by atoms with Gasteiger partial charge in [0.05, 0.1) is 5.75 Å². The van der Waals surface area contributed by atoms with Crippen LogP contribution >= 0.6 is 11.3 Å². The topological polar surface area (TPSA) is 49.4 Å². The van der Waals surface area contributed by atoms with Gasteiger partial charge in [0.2, 0.25) is 10.0 Å². The zero-order valence-electron chi connectivity index (χ0n) is 12.0. The van der Waals surface area contributed by atoms with Gasteiger partial charge in [0.15, 0.2) is 0 Å². The molecule has 1 aliphatic rings. The van der Waals surface area contributed by atoms with Gasteiger partial charge in [0, 0.05) is 12.6 Å². The van der Waals surface area contributed by atoms with Crippen LogP contribution in [0, 0.1) is 0 Å². The van der Waals surface area contributed by atoms with Gasteiger partial charge in [-0.1, -0.05) is 6.92 Å². The molecule has 0 radical (unpaired) electrons. The zero-order chi connectivity index (χ0) is 14.4. The second kappa shape index (κ2) is 7.54. The minimum atomic E-state index is -3.11. The zero-order valence-corrected chi connectivity index (χ0v) is 13.7. The van der Waals surface area contributed by atoms with Crippen molar-refractivity contribution in [3.63, 3.8) is 0 Å². The number of thiophene rings is 1. The summed E-state index contributed by atoms with van der Waals surface area (Å²) in [6.07, 6.45) is 3.69. The van der Waals surface area contributed by atoms with Crippen LogP contribution in [0.3, 0.4) is 0 Å². The Labute approximate surface area is 126 Å². The maximum Gasteiger partial charge on any atom is 0.214 e. The molecule has 1 aromatic heterocycles. The third kappa shape index (κ3) is 4.84. The molecule has 1 N–H and O–H groups in total. The molecule has 1 aromatic rings. The Morgan fingerprint density at radius 3 is 2.80 bits per heavy atom. The van der Waals surface area contributed by atoms with Crippen molar-refractivity contribution in [3.05, 3.63) is 22.4 Å². The van der Waals surface area contributed by atoms with Crippen LogP contribution in [-0.2, 0) is 16.6 Å². The van der Waals surface area contributed by atoms with E-state index in [0.717, 1.165) is 44.3 Å². The highest BCUT2D eigenvalue weighted by atomic mass is 32.2. The van der Waals surface area contributed by atoms with E-state index in [9.17, 15) is 8.42 Å². The van der Waals surface area contributed by atoms with E-state index in [1.165, 1.54) is 0 Å². The number of nitrogens with one attached hydrogen (secondary N) is 1. The van der Waals surface area contributed by atoms with Crippen LogP contribution in [0.2, 0.25) is 0 Å². The Hall–Kier alpha value is -0.430. The first-order chi connectivity index (χ1) is 9.63. The molecule has 0 spiro atoms. The second-order valence-corrected chi connectivity index (χ2v) is 8.11. The molecule has 0 aromatic carbocycles. The van der Waals surface area contributed by atoms with Gasteiger partial charge in [-0.05, 0) is 61.2 Å².